The van der Waals surface area contributed by atoms with Crippen LogP contribution < -0.4 is 0 Å². The average Bonchev–Trinajstić information content (AvgIpc) is 3.47. The van der Waals surface area contributed by atoms with Crippen LogP contribution in [0.15, 0.2) is 49.1 Å². The fraction of sp³-hybridized carbons (Fsp3) is 0.855. The van der Waals surface area contributed by atoms with E-state index in [0.717, 1.165) is 31.3 Å². The van der Waals surface area contributed by atoms with Crippen molar-refractivity contribution < 1.29 is 84.6 Å². The molecule has 26 atom stereocenters. The Bertz CT molecular complexity index is 2280. The van der Waals surface area contributed by atoms with Gasteiger partial charge in [0.15, 0.2) is 0 Å². The summed E-state index contributed by atoms with van der Waals surface area (Å²) in [5, 5.41) is 33.8. The maximum Gasteiger partial charge on any atom is 0.397 e. The van der Waals surface area contributed by atoms with Gasteiger partial charge in [-0.3, -0.25) is 4.55 Å². The number of allylic oxidation sites excluding steroid dienone is 3. The number of hydrogen-bond acceptors (Lipinski definition) is 17. The molecule has 19 heteroatoms. The molecule has 74 heavy (non-hydrogen) atoms. The molecule has 0 unspecified atom stereocenters. The van der Waals surface area contributed by atoms with Gasteiger partial charge in [0.05, 0.1) is 114 Å². The minimum absolute atomic E-state index is 0.0923. The van der Waals surface area contributed by atoms with Gasteiger partial charge in [0.25, 0.3) is 0 Å². The van der Waals surface area contributed by atoms with Crippen LogP contribution >= 0.6 is 0 Å². The largest absolute Gasteiger partial charge is 0.397 e. The number of aliphatic hydroxyl groups is 3. The van der Waals surface area contributed by atoms with Crippen LogP contribution in [0.1, 0.15) is 131 Å². The first-order valence-corrected chi connectivity index (χ1v) is 28.9. The van der Waals surface area contributed by atoms with Gasteiger partial charge in [-0.25, -0.2) is 4.18 Å². The lowest BCUT2D eigenvalue weighted by Crippen LogP contribution is -2.74. The van der Waals surface area contributed by atoms with Crippen LogP contribution in [0.3, 0.4) is 0 Å². The van der Waals surface area contributed by atoms with Gasteiger partial charge < -0.3 is 67.4 Å². The van der Waals surface area contributed by atoms with Crippen molar-refractivity contribution in [3.8, 4) is 0 Å². The second-order valence-electron chi connectivity index (χ2n) is 25.0. The second kappa shape index (κ2) is 19.8. The van der Waals surface area contributed by atoms with E-state index in [9.17, 15) is 28.3 Å². The topological polar surface area (TPSA) is 226 Å². The van der Waals surface area contributed by atoms with Crippen molar-refractivity contribution in [2.45, 2.75) is 282 Å². The Morgan fingerprint density at radius 1 is 0.730 bits per heavy atom. The second-order valence-corrected chi connectivity index (χ2v) is 26.0. The highest BCUT2D eigenvalue weighted by Gasteiger charge is 2.65. The molecule has 0 aromatic rings. The van der Waals surface area contributed by atoms with Gasteiger partial charge in [0, 0.05) is 58.0 Å². The molecule has 11 aliphatic heterocycles. The lowest BCUT2D eigenvalue weighted by molar-refractivity contribution is -0.369. The first-order chi connectivity index (χ1) is 34.9. The Labute approximate surface area is 436 Å². The number of rotatable bonds is 9. The van der Waals surface area contributed by atoms with Crippen LogP contribution in [-0.4, -0.2) is 185 Å². The van der Waals surface area contributed by atoms with Gasteiger partial charge in [-0.1, -0.05) is 43.9 Å². The van der Waals surface area contributed by atoms with Crippen LogP contribution in [-0.2, 0) is 66.7 Å². The molecule has 11 fully saturated rings. The molecule has 11 heterocycles. The van der Waals surface area contributed by atoms with Crippen molar-refractivity contribution in [1.82, 2.24) is 0 Å². The molecular weight excluding hydrogens is 981 g/mol. The number of fused-ring (bicyclic) bond motifs is 10. The monoisotopic (exact) mass is 1060 g/mol. The van der Waals surface area contributed by atoms with E-state index in [1.54, 1.807) is 32.1 Å². The highest BCUT2D eigenvalue weighted by molar-refractivity contribution is 7.80. The van der Waals surface area contributed by atoms with Gasteiger partial charge in [0.2, 0.25) is 0 Å². The maximum atomic E-state index is 12.3. The summed E-state index contributed by atoms with van der Waals surface area (Å²) < 4.78 is 114. The van der Waals surface area contributed by atoms with Crippen molar-refractivity contribution >= 4 is 10.4 Å². The fourth-order valence-electron chi connectivity index (χ4n) is 15.2. The van der Waals surface area contributed by atoms with E-state index in [0.29, 0.717) is 56.9 Å². The summed E-state index contributed by atoms with van der Waals surface area (Å²) in [6.45, 7) is 23.8. The van der Waals surface area contributed by atoms with Gasteiger partial charge in [0.1, 0.15) is 35.6 Å². The smallest absolute Gasteiger partial charge is 0.396 e. The van der Waals surface area contributed by atoms with Gasteiger partial charge >= 0.3 is 10.4 Å². The summed E-state index contributed by atoms with van der Waals surface area (Å²) >= 11 is 0. The first-order valence-electron chi connectivity index (χ1n) is 27.5. The Balaban J connectivity index is 0.754. The molecule has 416 valence electrons. The molecule has 0 aromatic carbocycles. The van der Waals surface area contributed by atoms with E-state index < -0.39 is 93.3 Å². The van der Waals surface area contributed by atoms with Gasteiger partial charge in [-0.15, -0.1) is 6.58 Å². The van der Waals surface area contributed by atoms with E-state index in [-0.39, 0.29) is 92.5 Å². The van der Waals surface area contributed by atoms with Gasteiger partial charge in [-0.2, -0.15) is 8.42 Å². The molecular formula is C55H82O18S. The molecule has 11 aliphatic rings. The Kier molecular flexibility index (Phi) is 14.5. The van der Waals surface area contributed by atoms with Crippen LogP contribution in [0.2, 0.25) is 0 Å². The van der Waals surface area contributed by atoms with Crippen LogP contribution in [0.25, 0.3) is 0 Å². The summed E-state index contributed by atoms with van der Waals surface area (Å²) in [4.78, 5) is 0. The van der Waals surface area contributed by atoms with Crippen molar-refractivity contribution in [2.75, 3.05) is 6.61 Å². The minimum atomic E-state index is -4.78. The molecule has 11 saturated heterocycles. The predicted molar refractivity (Wildman–Crippen MR) is 265 cm³/mol. The number of aliphatic hydroxyl groups excluding tert-OH is 2. The molecule has 0 radical (unpaired) electrons. The molecule has 0 amide bonds. The average molecular weight is 1060 g/mol. The standard InChI is InChI=1S/C55H82O18S/c1-10-11-28(2)12-15-51(5,58)50-30(4)20-39-38(68-50)26-46-55(9,71-39)49(57)48-42(67-46)24-41-47(69-48)29(3)13-16-53(7)44(66-41)27-43-54(8,73-53)17-14-31-32(65-43)21-34-33(62-31)22-35-36(63-34)23-40-37(64-35)25-45(72-74(59,60)61)52(6,70-40)18-19-56/h10,12,15,29,31-50,56-58H,1-2,4,11,13-14,16-27H2,3,5-9H3,(H,59,60,61)/b15-12+/t29-,31-,32+,33+,34-,35-,36+,37+,38+,39-,40-,41-,42+,43-,44+,45-,46-,47+,48+,49+,50-,51+,52+,53-,54+,55-/m0/s1. The highest BCUT2D eigenvalue weighted by atomic mass is 32.3. The zero-order valence-electron chi connectivity index (χ0n) is 44.0. The highest BCUT2D eigenvalue weighted by Crippen LogP contribution is 2.54. The van der Waals surface area contributed by atoms with Gasteiger partial charge in [-0.05, 0) is 84.6 Å². The zero-order valence-corrected chi connectivity index (χ0v) is 44.8. The third-order valence-electron chi connectivity index (χ3n) is 19.4. The summed E-state index contributed by atoms with van der Waals surface area (Å²) in [6.07, 6.45) is 4.08. The summed E-state index contributed by atoms with van der Waals surface area (Å²) in [5.74, 6) is 0.0923. The van der Waals surface area contributed by atoms with Crippen molar-refractivity contribution in [3.63, 3.8) is 0 Å². The van der Waals surface area contributed by atoms with E-state index in [1.165, 1.54) is 0 Å². The van der Waals surface area contributed by atoms with E-state index in [2.05, 4.69) is 40.5 Å². The Hall–Kier alpha value is -1.73. The SMILES string of the molecule is C=CCC(=C)/C=C/[C@@](C)(O)[C@H]1O[C@@H]2C[C@@H]3O[C@@H]4C[C@@H]5O[C@@H]6C[C@@H]7O[C@@H]8C[C@@H]9O[C@@H]%10C[C@@H]%11O[C@](C)(CCO)[C@@H](OS(=O)(=O)O)C[C@H]%11O[C@H]%10C[C@H]9O[C@H]8CC[C@@]7(C)O[C@@]6(C)CC[C@H](C)[C@H]5O[C@H]4[C@@H](O)[C@@]3(C)O[C@H]2CC1=C. The van der Waals surface area contributed by atoms with Crippen molar-refractivity contribution in [1.29, 1.82) is 0 Å². The number of ether oxygens (including phenoxy) is 11. The molecule has 0 bridgehead atoms. The van der Waals surface area contributed by atoms with Crippen molar-refractivity contribution in [3.05, 3.63) is 49.1 Å². The van der Waals surface area contributed by atoms with E-state index in [1.807, 2.05) is 6.92 Å². The molecule has 18 nitrogen and oxygen atoms in total. The summed E-state index contributed by atoms with van der Waals surface area (Å²) in [5.41, 5.74) is -3.28. The maximum absolute atomic E-state index is 12.3. The summed E-state index contributed by atoms with van der Waals surface area (Å²) in [6, 6.07) is 0. The summed E-state index contributed by atoms with van der Waals surface area (Å²) in [7, 11) is -4.78. The molecule has 4 N–H and O–H groups in total. The Morgan fingerprint density at radius 2 is 1.30 bits per heavy atom. The van der Waals surface area contributed by atoms with E-state index in [4.69, 9.17) is 56.3 Å². The number of hydrogen-bond donors (Lipinski definition) is 4. The minimum Gasteiger partial charge on any atom is -0.396 e. The zero-order chi connectivity index (χ0) is 52.5. The molecule has 0 saturated carbocycles. The molecule has 0 aromatic heterocycles. The predicted octanol–water partition coefficient (Wildman–Crippen LogP) is 5.23. The lowest BCUT2D eigenvalue weighted by Gasteiger charge is -2.61. The van der Waals surface area contributed by atoms with E-state index >= 15 is 0 Å². The molecule has 0 aliphatic carbocycles. The normalized spacial score (nSPS) is 52.9. The third-order valence-corrected chi connectivity index (χ3v) is 19.9. The fourth-order valence-corrected chi connectivity index (χ4v) is 15.7. The first kappa shape index (κ1) is 54.2. The van der Waals surface area contributed by atoms with Crippen LogP contribution in [0.4, 0.5) is 0 Å². The van der Waals surface area contributed by atoms with Crippen molar-refractivity contribution in [2.24, 2.45) is 5.92 Å². The van der Waals surface area contributed by atoms with Crippen LogP contribution in [0, 0.1) is 5.92 Å². The van der Waals surface area contributed by atoms with Crippen LogP contribution in [0.5, 0.6) is 0 Å². The third kappa shape index (κ3) is 9.93. The quantitative estimate of drug-likeness (QED) is 0.132. The molecule has 0 spiro atoms. The molecule has 11 rings (SSSR count). The lowest BCUT2D eigenvalue weighted by atomic mass is 9.73. The Morgan fingerprint density at radius 3 is 1.96 bits per heavy atom.